The number of likely N-dealkylation sites (N-methyl/N-ethyl adjacent to an activating group) is 1. The van der Waals surface area contributed by atoms with Crippen LogP contribution in [0.25, 0.3) is 0 Å². The standard InChI is InChI=1S/C16H20F2N2O2/c1-2-20-14(10-8-11(17)13(21)12(18)9-10)19-16(15(20)22)6-4-3-5-7-16/h8-9,14,19,21H,2-7H2,1H3. The highest BCUT2D eigenvalue weighted by atomic mass is 19.1. The summed E-state index contributed by atoms with van der Waals surface area (Å²) in [5.41, 5.74) is -0.283. The monoisotopic (exact) mass is 310 g/mol. The molecule has 1 aromatic carbocycles. The Morgan fingerprint density at radius 2 is 1.86 bits per heavy atom. The minimum atomic E-state index is -1.01. The van der Waals surface area contributed by atoms with Crippen LogP contribution >= 0.6 is 0 Å². The molecule has 1 spiro atoms. The van der Waals surface area contributed by atoms with Crippen LogP contribution in [-0.2, 0) is 4.79 Å². The third-order valence-electron chi connectivity index (χ3n) is 4.80. The molecule has 2 N–H and O–H groups in total. The molecule has 1 heterocycles. The molecule has 1 aliphatic carbocycles. The van der Waals surface area contributed by atoms with Crippen LogP contribution in [0, 0.1) is 11.6 Å². The van der Waals surface area contributed by atoms with Crippen molar-refractivity contribution in [1.29, 1.82) is 0 Å². The van der Waals surface area contributed by atoms with Gasteiger partial charge in [-0.25, -0.2) is 8.78 Å². The number of amides is 1. The molecule has 1 atom stereocenters. The number of benzene rings is 1. The van der Waals surface area contributed by atoms with E-state index in [0.29, 0.717) is 12.1 Å². The average molecular weight is 310 g/mol. The van der Waals surface area contributed by atoms with Gasteiger partial charge in [0.1, 0.15) is 6.17 Å². The third kappa shape index (κ3) is 2.26. The molecule has 1 unspecified atom stereocenters. The van der Waals surface area contributed by atoms with E-state index in [-0.39, 0.29) is 5.91 Å². The Morgan fingerprint density at radius 3 is 2.41 bits per heavy atom. The summed E-state index contributed by atoms with van der Waals surface area (Å²) in [5.74, 6) is -2.99. The van der Waals surface area contributed by atoms with Gasteiger partial charge in [0, 0.05) is 6.54 Å². The van der Waals surface area contributed by atoms with E-state index in [1.54, 1.807) is 4.90 Å². The second-order valence-electron chi connectivity index (χ2n) is 6.11. The molecule has 22 heavy (non-hydrogen) atoms. The Kier molecular flexibility index (Phi) is 3.80. The zero-order valence-electron chi connectivity index (χ0n) is 12.5. The number of carbonyl (C=O) groups excluding carboxylic acids is 1. The van der Waals surface area contributed by atoms with E-state index in [4.69, 9.17) is 0 Å². The maximum Gasteiger partial charge on any atom is 0.244 e. The molecule has 1 aliphatic heterocycles. The summed E-state index contributed by atoms with van der Waals surface area (Å²) in [6.07, 6.45) is 4.00. The van der Waals surface area contributed by atoms with E-state index in [0.717, 1.165) is 44.2 Å². The Labute approximate surface area is 128 Å². The lowest BCUT2D eigenvalue weighted by Crippen LogP contribution is -2.48. The van der Waals surface area contributed by atoms with E-state index < -0.39 is 29.1 Å². The number of carbonyl (C=O) groups is 1. The Bertz CT molecular complexity index is 577. The van der Waals surface area contributed by atoms with E-state index in [2.05, 4.69) is 5.32 Å². The fourth-order valence-electron chi connectivity index (χ4n) is 3.64. The van der Waals surface area contributed by atoms with E-state index in [1.807, 2.05) is 6.92 Å². The number of hydrogen-bond acceptors (Lipinski definition) is 3. The van der Waals surface area contributed by atoms with Crippen molar-refractivity contribution in [2.45, 2.75) is 50.7 Å². The molecule has 1 saturated carbocycles. The van der Waals surface area contributed by atoms with Crippen molar-refractivity contribution >= 4 is 5.91 Å². The highest BCUT2D eigenvalue weighted by Crippen LogP contribution is 2.40. The molecule has 1 amide bonds. The number of rotatable bonds is 2. The van der Waals surface area contributed by atoms with Crippen LogP contribution < -0.4 is 5.32 Å². The molecule has 0 aromatic heterocycles. The quantitative estimate of drug-likeness (QED) is 0.883. The molecule has 1 aromatic rings. The number of phenols is 1. The molecular formula is C16H20F2N2O2. The minimum absolute atomic E-state index is 0.00795. The lowest BCUT2D eigenvalue weighted by atomic mass is 9.81. The number of aromatic hydroxyl groups is 1. The number of nitrogens with zero attached hydrogens (tertiary/aromatic N) is 1. The first-order valence-corrected chi connectivity index (χ1v) is 7.75. The van der Waals surface area contributed by atoms with Crippen LogP contribution in [0.2, 0.25) is 0 Å². The first-order valence-electron chi connectivity index (χ1n) is 7.75. The summed E-state index contributed by atoms with van der Waals surface area (Å²) < 4.78 is 27.3. The van der Waals surface area contributed by atoms with E-state index in [9.17, 15) is 18.7 Å². The number of hydrogen-bond donors (Lipinski definition) is 2. The second kappa shape index (κ2) is 5.50. The molecule has 4 nitrogen and oxygen atoms in total. The average Bonchev–Trinajstić information content (AvgIpc) is 2.78. The number of phenolic OH excluding ortho intramolecular Hbond substituents is 1. The lowest BCUT2D eigenvalue weighted by Gasteiger charge is -2.31. The molecule has 2 aliphatic rings. The van der Waals surface area contributed by atoms with Crippen molar-refractivity contribution in [2.24, 2.45) is 0 Å². The van der Waals surface area contributed by atoms with Crippen LogP contribution in [0.4, 0.5) is 8.78 Å². The van der Waals surface area contributed by atoms with Gasteiger partial charge in [0.25, 0.3) is 0 Å². The summed E-state index contributed by atoms with van der Waals surface area (Å²) >= 11 is 0. The highest BCUT2D eigenvalue weighted by Gasteiger charge is 2.51. The van der Waals surface area contributed by atoms with Gasteiger partial charge < -0.3 is 10.0 Å². The third-order valence-corrected chi connectivity index (χ3v) is 4.80. The zero-order chi connectivity index (χ0) is 15.9. The van der Waals surface area contributed by atoms with Crippen LogP contribution in [0.15, 0.2) is 12.1 Å². The summed E-state index contributed by atoms with van der Waals surface area (Å²) in [7, 11) is 0. The van der Waals surface area contributed by atoms with E-state index in [1.165, 1.54) is 0 Å². The van der Waals surface area contributed by atoms with Gasteiger partial charge in [-0.05, 0) is 37.5 Å². The largest absolute Gasteiger partial charge is 0.503 e. The maximum absolute atomic E-state index is 13.6. The maximum atomic E-state index is 13.6. The van der Waals surface area contributed by atoms with Crippen molar-refractivity contribution in [3.05, 3.63) is 29.3 Å². The van der Waals surface area contributed by atoms with Crippen molar-refractivity contribution < 1.29 is 18.7 Å². The summed E-state index contributed by atoms with van der Waals surface area (Å²) in [6, 6.07) is 2.18. The lowest BCUT2D eigenvalue weighted by molar-refractivity contribution is -0.134. The molecule has 120 valence electrons. The van der Waals surface area contributed by atoms with Gasteiger partial charge in [0.05, 0.1) is 5.54 Å². The predicted molar refractivity (Wildman–Crippen MR) is 77.1 cm³/mol. The Hall–Kier alpha value is -1.69. The summed E-state index contributed by atoms with van der Waals surface area (Å²) in [5, 5.41) is 12.5. The molecule has 0 bridgehead atoms. The van der Waals surface area contributed by atoms with Gasteiger partial charge in [-0.2, -0.15) is 0 Å². The smallest absolute Gasteiger partial charge is 0.244 e. The fourth-order valence-corrected chi connectivity index (χ4v) is 3.64. The van der Waals surface area contributed by atoms with Crippen LogP contribution in [0.1, 0.15) is 50.8 Å². The summed E-state index contributed by atoms with van der Waals surface area (Å²) in [4.78, 5) is 14.4. The van der Waals surface area contributed by atoms with Crippen LogP contribution in [0.5, 0.6) is 5.75 Å². The Morgan fingerprint density at radius 1 is 1.27 bits per heavy atom. The molecule has 6 heteroatoms. The fraction of sp³-hybridized carbons (Fsp3) is 0.562. The van der Waals surface area contributed by atoms with Crippen molar-refractivity contribution in [1.82, 2.24) is 10.2 Å². The normalized spacial score (nSPS) is 24.2. The van der Waals surface area contributed by atoms with Gasteiger partial charge in [-0.1, -0.05) is 19.3 Å². The molecule has 0 radical (unpaired) electrons. The Balaban J connectivity index is 1.98. The van der Waals surface area contributed by atoms with Gasteiger partial charge >= 0.3 is 0 Å². The predicted octanol–water partition coefficient (Wildman–Crippen LogP) is 2.82. The van der Waals surface area contributed by atoms with Crippen molar-refractivity contribution in [3.63, 3.8) is 0 Å². The number of nitrogens with one attached hydrogen (secondary N) is 1. The molecule has 3 rings (SSSR count). The second-order valence-corrected chi connectivity index (χ2v) is 6.11. The zero-order valence-corrected chi connectivity index (χ0v) is 12.5. The topological polar surface area (TPSA) is 52.6 Å². The minimum Gasteiger partial charge on any atom is -0.503 e. The summed E-state index contributed by atoms with van der Waals surface area (Å²) in [6.45, 7) is 2.31. The van der Waals surface area contributed by atoms with E-state index >= 15 is 0 Å². The number of halogens is 2. The first-order chi connectivity index (χ1) is 10.5. The van der Waals surface area contributed by atoms with Gasteiger partial charge in [-0.3, -0.25) is 10.1 Å². The van der Waals surface area contributed by atoms with Crippen LogP contribution in [-0.4, -0.2) is 28.0 Å². The van der Waals surface area contributed by atoms with Gasteiger partial charge in [0.15, 0.2) is 17.4 Å². The molecule has 1 saturated heterocycles. The van der Waals surface area contributed by atoms with Gasteiger partial charge in [0.2, 0.25) is 5.91 Å². The van der Waals surface area contributed by atoms with Gasteiger partial charge in [-0.15, -0.1) is 0 Å². The van der Waals surface area contributed by atoms with Crippen molar-refractivity contribution in [2.75, 3.05) is 6.54 Å². The molecule has 2 fully saturated rings. The van der Waals surface area contributed by atoms with Crippen LogP contribution in [0.3, 0.4) is 0 Å². The molecular weight excluding hydrogens is 290 g/mol. The van der Waals surface area contributed by atoms with Crippen molar-refractivity contribution in [3.8, 4) is 5.75 Å². The SMILES string of the molecule is CCN1C(=O)C2(CCCCC2)NC1c1cc(F)c(O)c(F)c1. The first kappa shape index (κ1) is 15.2. The highest BCUT2D eigenvalue weighted by molar-refractivity contribution is 5.89.